The van der Waals surface area contributed by atoms with Crippen LogP contribution < -0.4 is 10.6 Å². The summed E-state index contributed by atoms with van der Waals surface area (Å²) in [5.74, 6) is 3.99. The summed E-state index contributed by atoms with van der Waals surface area (Å²) in [5.41, 5.74) is -0.0585. The minimum Gasteiger partial charge on any atom is -0.443 e. The van der Waals surface area contributed by atoms with E-state index < -0.39 is 0 Å². The van der Waals surface area contributed by atoms with Crippen LogP contribution in [0.5, 0.6) is 0 Å². The van der Waals surface area contributed by atoms with Gasteiger partial charge in [-0.2, -0.15) is 5.10 Å². The molecule has 0 spiro atoms. The summed E-state index contributed by atoms with van der Waals surface area (Å²) >= 11 is 0. The van der Waals surface area contributed by atoms with Gasteiger partial charge < -0.3 is 19.8 Å². The molecule has 3 heterocycles. The molecule has 0 bridgehead atoms. The summed E-state index contributed by atoms with van der Waals surface area (Å²) in [7, 11) is 1.65. The maximum atomic E-state index is 5.83. The Balaban J connectivity index is 0.00000300. The van der Waals surface area contributed by atoms with Gasteiger partial charge in [0.15, 0.2) is 11.8 Å². The Hall–Kier alpha value is -1.69. The van der Waals surface area contributed by atoms with Crippen LogP contribution in [0.4, 0.5) is 0 Å². The molecule has 162 valence electrons. The molecule has 1 unspecified atom stereocenters. The van der Waals surface area contributed by atoms with Crippen LogP contribution in [0.1, 0.15) is 57.4 Å². The van der Waals surface area contributed by atoms with Crippen LogP contribution in [0, 0.1) is 0 Å². The molecule has 0 aliphatic carbocycles. The number of hydrogen-bond acceptors (Lipinski definition) is 6. The van der Waals surface area contributed by atoms with Crippen molar-refractivity contribution in [2.24, 2.45) is 4.99 Å². The van der Waals surface area contributed by atoms with Gasteiger partial charge in [-0.15, -0.1) is 24.0 Å². The average Bonchev–Trinajstić information content (AvgIpc) is 3.26. The molecule has 3 rings (SSSR count). The van der Waals surface area contributed by atoms with E-state index in [9.17, 15) is 0 Å². The van der Waals surface area contributed by atoms with Crippen LogP contribution in [0.3, 0.4) is 0 Å². The van der Waals surface area contributed by atoms with Crippen molar-refractivity contribution < 1.29 is 9.15 Å². The number of ether oxygens (including phenoxy) is 1. The van der Waals surface area contributed by atoms with Gasteiger partial charge in [-0.3, -0.25) is 0 Å². The van der Waals surface area contributed by atoms with Crippen molar-refractivity contribution >= 4 is 29.9 Å². The lowest BCUT2D eigenvalue weighted by Crippen LogP contribution is -2.47. The number of aliphatic imine (C=N–C) groups is 1. The highest BCUT2D eigenvalue weighted by Gasteiger charge is 2.23. The first kappa shape index (κ1) is 23.6. The van der Waals surface area contributed by atoms with E-state index in [4.69, 9.17) is 9.15 Å². The van der Waals surface area contributed by atoms with E-state index >= 15 is 0 Å². The third kappa shape index (κ3) is 6.39. The van der Waals surface area contributed by atoms with E-state index in [-0.39, 0.29) is 35.4 Å². The van der Waals surface area contributed by atoms with Crippen LogP contribution in [0.2, 0.25) is 0 Å². The molecule has 2 aromatic rings. The van der Waals surface area contributed by atoms with Crippen molar-refractivity contribution in [3.63, 3.8) is 0 Å². The Labute approximate surface area is 189 Å². The largest absolute Gasteiger partial charge is 0.443 e. The van der Waals surface area contributed by atoms with Gasteiger partial charge in [0.2, 0.25) is 5.89 Å². The Morgan fingerprint density at radius 1 is 1.41 bits per heavy atom. The maximum absolute atomic E-state index is 5.83. The van der Waals surface area contributed by atoms with Crippen molar-refractivity contribution in [1.82, 2.24) is 30.4 Å². The predicted octanol–water partition coefficient (Wildman–Crippen LogP) is 2.40. The molecule has 9 nitrogen and oxygen atoms in total. The molecule has 1 aliphatic heterocycles. The number of halogens is 1. The highest BCUT2D eigenvalue weighted by Crippen LogP contribution is 2.22. The number of aromatic nitrogens is 4. The van der Waals surface area contributed by atoms with Crippen molar-refractivity contribution in [2.75, 3.05) is 13.7 Å². The molecule has 29 heavy (non-hydrogen) atoms. The second-order valence-corrected chi connectivity index (χ2v) is 8.00. The number of fused-ring (bicyclic) bond motifs is 1. The topological polar surface area (TPSA) is 102 Å². The first-order valence-electron chi connectivity index (χ1n) is 9.80. The van der Waals surface area contributed by atoms with Crippen molar-refractivity contribution in [2.45, 2.75) is 71.7 Å². The standard InChI is InChI=1S/C19H31N7O2.HI/c1-6-20-18(22-10-17-21-9-14(28-17)19(2,3)4)23-13-7-8-16-24-15(12-27-5)25-26(16)11-13;/h9,13H,6-8,10-12H2,1-5H3,(H2,20,22,23);1H. The van der Waals surface area contributed by atoms with Gasteiger partial charge in [-0.25, -0.2) is 19.6 Å². The number of nitrogens with one attached hydrogen (secondary N) is 2. The number of rotatable bonds is 6. The summed E-state index contributed by atoms with van der Waals surface area (Å²) in [6.45, 7) is 10.7. The zero-order chi connectivity index (χ0) is 20.1. The fourth-order valence-electron chi connectivity index (χ4n) is 3.06. The first-order chi connectivity index (χ1) is 13.4. The smallest absolute Gasteiger partial charge is 0.216 e. The van der Waals surface area contributed by atoms with Crippen LogP contribution >= 0.6 is 24.0 Å². The van der Waals surface area contributed by atoms with Gasteiger partial charge in [-0.1, -0.05) is 20.8 Å². The van der Waals surface area contributed by atoms with Crippen molar-refractivity contribution in [3.8, 4) is 0 Å². The zero-order valence-electron chi connectivity index (χ0n) is 17.9. The second-order valence-electron chi connectivity index (χ2n) is 8.00. The van der Waals surface area contributed by atoms with Gasteiger partial charge in [-0.05, 0) is 13.3 Å². The fourth-order valence-corrected chi connectivity index (χ4v) is 3.06. The molecule has 0 aromatic carbocycles. The van der Waals surface area contributed by atoms with E-state index in [1.165, 1.54) is 0 Å². The number of nitrogens with zero attached hydrogens (tertiary/aromatic N) is 5. The number of oxazole rings is 1. The molecule has 2 aromatic heterocycles. The van der Waals surface area contributed by atoms with E-state index in [0.29, 0.717) is 19.0 Å². The maximum Gasteiger partial charge on any atom is 0.216 e. The van der Waals surface area contributed by atoms with Crippen molar-refractivity contribution in [1.29, 1.82) is 0 Å². The van der Waals surface area contributed by atoms with Crippen LogP contribution in [0.15, 0.2) is 15.6 Å². The Morgan fingerprint density at radius 3 is 2.86 bits per heavy atom. The summed E-state index contributed by atoms with van der Waals surface area (Å²) in [6, 6.07) is 0.233. The molecule has 10 heteroatoms. The molecule has 0 saturated carbocycles. The monoisotopic (exact) mass is 517 g/mol. The first-order valence-corrected chi connectivity index (χ1v) is 9.80. The average molecular weight is 517 g/mol. The molecular weight excluding hydrogens is 485 g/mol. The van der Waals surface area contributed by atoms with Gasteiger partial charge in [0.1, 0.15) is 24.7 Å². The molecule has 0 amide bonds. The van der Waals surface area contributed by atoms with E-state index in [1.807, 2.05) is 11.6 Å². The number of hydrogen-bond donors (Lipinski definition) is 2. The van der Waals surface area contributed by atoms with Crippen molar-refractivity contribution in [3.05, 3.63) is 29.5 Å². The summed E-state index contributed by atoms with van der Waals surface area (Å²) in [5, 5.41) is 11.3. The van der Waals surface area contributed by atoms with E-state index in [1.54, 1.807) is 13.3 Å². The molecule has 1 atom stereocenters. The van der Waals surface area contributed by atoms with Crippen LogP contribution in [-0.2, 0) is 36.3 Å². The molecule has 0 radical (unpaired) electrons. The Bertz CT molecular complexity index is 810. The highest BCUT2D eigenvalue weighted by molar-refractivity contribution is 14.0. The van der Waals surface area contributed by atoms with Gasteiger partial charge in [0, 0.05) is 31.5 Å². The lowest BCUT2D eigenvalue weighted by molar-refractivity contribution is 0.177. The number of methoxy groups -OCH3 is 1. The molecular formula is C19H32IN7O2. The number of guanidine groups is 1. The minimum absolute atomic E-state index is 0. The quantitative estimate of drug-likeness (QED) is 0.345. The van der Waals surface area contributed by atoms with Crippen LogP contribution in [-0.4, -0.2) is 45.4 Å². The second kappa shape index (κ2) is 10.4. The lowest BCUT2D eigenvalue weighted by Gasteiger charge is -2.25. The fraction of sp³-hybridized carbons (Fsp3) is 0.684. The third-order valence-corrected chi connectivity index (χ3v) is 4.53. The Kier molecular flexibility index (Phi) is 8.44. The predicted molar refractivity (Wildman–Crippen MR) is 121 cm³/mol. The zero-order valence-corrected chi connectivity index (χ0v) is 20.2. The SMILES string of the molecule is CCNC(=NCc1ncc(C(C)(C)C)o1)NC1CCc2nc(COC)nn2C1.I. The van der Waals surface area contributed by atoms with Gasteiger partial charge in [0.05, 0.1) is 12.7 Å². The lowest BCUT2D eigenvalue weighted by atomic mass is 9.94. The van der Waals surface area contributed by atoms with Gasteiger partial charge >= 0.3 is 0 Å². The molecule has 2 N–H and O–H groups in total. The normalized spacial score (nSPS) is 16.9. The highest BCUT2D eigenvalue weighted by atomic mass is 127. The summed E-state index contributed by atoms with van der Waals surface area (Å²) in [6.07, 6.45) is 3.64. The van der Waals surface area contributed by atoms with Gasteiger partial charge in [0.25, 0.3) is 0 Å². The minimum atomic E-state index is -0.0585. The molecule has 1 aliphatic rings. The Morgan fingerprint density at radius 2 is 2.21 bits per heavy atom. The number of aryl methyl sites for hydroxylation is 1. The third-order valence-electron chi connectivity index (χ3n) is 4.53. The molecule has 0 fully saturated rings. The summed E-state index contributed by atoms with van der Waals surface area (Å²) < 4.78 is 12.9. The van der Waals surface area contributed by atoms with Crippen LogP contribution in [0.25, 0.3) is 0 Å². The molecule has 0 saturated heterocycles. The van der Waals surface area contributed by atoms with E-state index in [2.05, 4.69) is 51.5 Å². The summed E-state index contributed by atoms with van der Waals surface area (Å²) in [4.78, 5) is 13.5. The van der Waals surface area contributed by atoms with E-state index in [0.717, 1.165) is 49.3 Å².